The number of amidine groups is 1. The van der Waals surface area contributed by atoms with Crippen molar-refractivity contribution >= 4 is 65.9 Å². The number of sulfone groups is 1. The molecule has 0 radical (unpaired) electrons. The number of anilines is 1. The molecule has 2 aliphatic rings. The van der Waals surface area contributed by atoms with E-state index < -0.39 is 15.7 Å². The molecule has 0 saturated carbocycles. The molecule has 2 aromatic carbocycles. The number of hydrogen-bond donors (Lipinski definition) is 0. The molecule has 0 bridgehead atoms. The average molecular weight is 516 g/mol. The molecule has 2 fully saturated rings. The number of fused-ring (bicyclic) bond motifs is 1. The molecule has 2 atom stereocenters. The second kappa shape index (κ2) is 8.29. The van der Waals surface area contributed by atoms with Crippen molar-refractivity contribution in [2.45, 2.75) is 11.3 Å². The van der Waals surface area contributed by atoms with Gasteiger partial charge in [-0.25, -0.2) is 8.42 Å². The minimum atomic E-state index is -3.10. The zero-order valence-corrected chi connectivity index (χ0v) is 19.0. The summed E-state index contributed by atoms with van der Waals surface area (Å²) in [6.45, 7) is -0.215. The first kappa shape index (κ1) is 20.7. The fraction of sp³-hybridized carbons (Fsp3) is 0.263. The van der Waals surface area contributed by atoms with E-state index >= 15 is 0 Å². The first-order chi connectivity index (χ1) is 13.8. The topological polar surface area (TPSA) is 76.0 Å². The smallest absolute Gasteiger partial charge is 0.285 e. The Morgan fingerprint density at radius 2 is 1.86 bits per heavy atom. The highest BCUT2D eigenvalue weighted by Gasteiger charge is 2.49. The molecule has 0 unspecified atom stereocenters. The molecule has 6 nitrogen and oxygen atoms in total. The molecule has 4 rings (SSSR count). The normalized spacial score (nSPS) is 23.9. The first-order valence-corrected chi connectivity index (χ1v) is 12.6. The Morgan fingerprint density at radius 1 is 1.17 bits per heavy atom. The molecule has 0 spiro atoms. The molecule has 2 aromatic rings. The second-order valence-electron chi connectivity index (χ2n) is 6.68. The van der Waals surface area contributed by atoms with E-state index in [0.29, 0.717) is 15.9 Å². The number of carbonyl (C=O) groups excluding carboxylic acids is 1. The van der Waals surface area contributed by atoms with E-state index in [4.69, 9.17) is 16.3 Å². The van der Waals surface area contributed by atoms with Crippen molar-refractivity contribution in [3.05, 3.63) is 58.0 Å². The Labute approximate surface area is 186 Å². The third kappa shape index (κ3) is 4.79. The highest BCUT2D eigenvalue weighted by molar-refractivity contribution is 9.10. The van der Waals surface area contributed by atoms with Crippen LogP contribution in [0.2, 0.25) is 5.02 Å². The van der Waals surface area contributed by atoms with Gasteiger partial charge in [-0.15, -0.1) is 0 Å². The van der Waals surface area contributed by atoms with Crippen LogP contribution in [-0.2, 0) is 14.6 Å². The van der Waals surface area contributed by atoms with Crippen molar-refractivity contribution in [2.75, 3.05) is 23.0 Å². The van der Waals surface area contributed by atoms with Gasteiger partial charge in [0.2, 0.25) is 0 Å². The van der Waals surface area contributed by atoms with E-state index in [1.807, 2.05) is 29.2 Å². The lowest BCUT2D eigenvalue weighted by Crippen LogP contribution is -2.37. The lowest BCUT2D eigenvalue weighted by atomic mass is 10.2. The fourth-order valence-electron chi connectivity index (χ4n) is 3.28. The summed E-state index contributed by atoms with van der Waals surface area (Å²) >= 11 is 10.6. The molecular weight excluding hydrogens is 500 g/mol. The summed E-state index contributed by atoms with van der Waals surface area (Å²) in [4.78, 5) is 18.5. The summed E-state index contributed by atoms with van der Waals surface area (Å²) < 4.78 is 30.6. The SMILES string of the molecule is O=C(COc1ccc(Cl)cc1)N=C1S[C@H]2CS(=O)(=O)C[C@@H]2N1c1ccc(Br)cc1. The molecule has 10 heteroatoms. The summed E-state index contributed by atoms with van der Waals surface area (Å²) in [7, 11) is -3.10. The third-order valence-corrected chi connectivity index (χ3v) is 8.56. The van der Waals surface area contributed by atoms with Crippen LogP contribution in [0.4, 0.5) is 5.69 Å². The second-order valence-corrected chi connectivity index (χ2v) is 11.4. The largest absolute Gasteiger partial charge is 0.484 e. The Bertz CT molecular complexity index is 1060. The van der Waals surface area contributed by atoms with Crippen LogP contribution in [0, 0.1) is 0 Å². The number of benzene rings is 2. The predicted octanol–water partition coefficient (Wildman–Crippen LogP) is 3.78. The minimum Gasteiger partial charge on any atom is -0.484 e. The number of amides is 1. The summed E-state index contributed by atoms with van der Waals surface area (Å²) in [6, 6.07) is 14.0. The zero-order chi connectivity index (χ0) is 20.6. The highest BCUT2D eigenvalue weighted by Crippen LogP contribution is 2.41. The summed E-state index contributed by atoms with van der Waals surface area (Å²) in [6.07, 6.45) is 0. The maximum Gasteiger partial charge on any atom is 0.285 e. The number of ether oxygens (including phenoxy) is 1. The van der Waals surface area contributed by atoms with Crippen molar-refractivity contribution in [2.24, 2.45) is 4.99 Å². The number of halogens is 2. The third-order valence-electron chi connectivity index (χ3n) is 4.57. The van der Waals surface area contributed by atoms with Crippen molar-refractivity contribution in [3.63, 3.8) is 0 Å². The number of carbonyl (C=O) groups is 1. The average Bonchev–Trinajstić information content (AvgIpc) is 3.13. The summed E-state index contributed by atoms with van der Waals surface area (Å²) in [5.74, 6) is 0.223. The molecular formula is C19H16BrClN2O4S2. The summed E-state index contributed by atoms with van der Waals surface area (Å²) in [5.41, 5.74) is 0.801. The number of rotatable bonds is 4. The predicted molar refractivity (Wildman–Crippen MR) is 120 cm³/mol. The lowest BCUT2D eigenvalue weighted by molar-refractivity contribution is -0.119. The molecule has 152 valence electrons. The van der Waals surface area contributed by atoms with Gasteiger partial charge < -0.3 is 9.64 Å². The van der Waals surface area contributed by atoms with E-state index in [2.05, 4.69) is 20.9 Å². The van der Waals surface area contributed by atoms with E-state index in [1.54, 1.807) is 24.3 Å². The number of hydrogen-bond acceptors (Lipinski definition) is 5. The van der Waals surface area contributed by atoms with Crippen molar-refractivity contribution in [1.29, 1.82) is 0 Å². The number of nitrogens with zero attached hydrogens (tertiary/aromatic N) is 2. The van der Waals surface area contributed by atoms with Gasteiger partial charge in [-0.3, -0.25) is 4.79 Å². The van der Waals surface area contributed by atoms with Crippen molar-refractivity contribution in [1.82, 2.24) is 0 Å². The van der Waals surface area contributed by atoms with Gasteiger partial charge >= 0.3 is 0 Å². The van der Waals surface area contributed by atoms with Crippen LogP contribution >= 0.6 is 39.3 Å². The molecule has 0 N–H and O–H groups in total. The number of aliphatic imine (C=N–C) groups is 1. The maximum atomic E-state index is 12.4. The van der Waals surface area contributed by atoms with Gasteiger partial charge in [-0.2, -0.15) is 4.99 Å². The van der Waals surface area contributed by atoms with E-state index in [-0.39, 0.29) is 29.4 Å². The van der Waals surface area contributed by atoms with Crippen LogP contribution in [0.1, 0.15) is 0 Å². The van der Waals surface area contributed by atoms with Crippen LogP contribution < -0.4 is 9.64 Å². The highest BCUT2D eigenvalue weighted by atomic mass is 79.9. The monoisotopic (exact) mass is 514 g/mol. The van der Waals surface area contributed by atoms with Crippen LogP contribution in [-0.4, -0.2) is 48.9 Å². The van der Waals surface area contributed by atoms with Gasteiger partial charge in [-0.1, -0.05) is 39.3 Å². The van der Waals surface area contributed by atoms with Crippen LogP contribution in [0.25, 0.3) is 0 Å². The zero-order valence-electron chi connectivity index (χ0n) is 15.0. The van der Waals surface area contributed by atoms with Gasteiger partial charge in [0.25, 0.3) is 5.91 Å². The molecule has 29 heavy (non-hydrogen) atoms. The van der Waals surface area contributed by atoms with Crippen LogP contribution in [0.5, 0.6) is 5.75 Å². The van der Waals surface area contributed by atoms with Gasteiger partial charge in [0.05, 0.1) is 17.5 Å². The summed E-state index contributed by atoms with van der Waals surface area (Å²) in [5, 5.41) is 0.937. The van der Waals surface area contributed by atoms with Crippen molar-refractivity contribution in [3.8, 4) is 5.75 Å². The fourth-order valence-corrected chi connectivity index (χ4v) is 7.60. The van der Waals surface area contributed by atoms with Crippen LogP contribution in [0.3, 0.4) is 0 Å². The Morgan fingerprint density at radius 3 is 2.55 bits per heavy atom. The van der Waals surface area contributed by atoms with E-state index in [0.717, 1.165) is 10.2 Å². The molecule has 2 heterocycles. The van der Waals surface area contributed by atoms with Gasteiger partial charge in [0, 0.05) is 20.4 Å². The van der Waals surface area contributed by atoms with Crippen molar-refractivity contribution < 1.29 is 17.9 Å². The van der Waals surface area contributed by atoms with Crippen LogP contribution in [0.15, 0.2) is 58.0 Å². The van der Waals surface area contributed by atoms with Gasteiger partial charge in [-0.05, 0) is 48.5 Å². The molecule has 2 aliphatic heterocycles. The minimum absolute atomic E-state index is 0.0508. The standard InChI is InChI=1S/C19H16BrClN2O4S2/c20-12-1-5-14(6-2-12)23-16-10-29(25,26)11-17(16)28-19(23)22-18(24)9-27-15-7-3-13(21)4-8-15/h1-8,16-17H,9-11H2/t16-,17-/m0/s1. The maximum absolute atomic E-state index is 12.4. The Balaban J connectivity index is 1.54. The van der Waals surface area contributed by atoms with Gasteiger partial charge in [0.1, 0.15) is 5.75 Å². The first-order valence-electron chi connectivity index (χ1n) is 8.72. The molecule has 2 saturated heterocycles. The van der Waals surface area contributed by atoms with Gasteiger partial charge in [0.15, 0.2) is 21.6 Å². The Kier molecular flexibility index (Phi) is 5.92. The Hall–Kier alpha value is -1.55. The molecule has 1 amide bonds. The number of thioether (sulfide) groups is 1. The lowest BCUT2D eigenvalue weighted by Gasteiger charge is -2.24. The van der Waals surface area contributed by atoms with E-state index in [9.17, 15) is 13.2 Å². The molecule has 0 aromatic heterocycles. The van der Waals surface area contributed by atoms with E-state index in [1.165, 1.54) is 11.8 Å². The molecule has 0 aliphatic carbocycles. The quantitative estimate of drug-likeness (QED) is 0.617.